The van der Waals surface area contributed by atoms with Crippen molar-refractivity contribution in [3.63, 3.8) is 0 Å². The van der Waals surface area contributed by atoms with Gasteiger partial charge in [0.15, 0.2) is 0 Å². The Morgan fingerprint density at radius 3 is 2.50 bits per heavy atom. The molecule has 2 aliphatic heterocycles. The Hall–Kier alpha value is -1.10. The van der Waals surface area contributed by atoms with Crippen molar-refractivity contribution in [1.29, 1.82) is 0 Å². The van der Waals surface area contributed by atoms with Crippen molar-refractivity contribution >= 4 is 17.5 Å². The molecule has 2 heterocycles. The maximum absolute atomic E-state index is 12.4. The number of carbonyl (C=O) groups is 1. The lowest BCUT2D eigenvalue weighted by Gasteiger charge is -2.35. The van der Waals surface area contributed by atoms with Crippen LogP contribution in [-0.4, -0.2) is 42.1 Å². The number of halogens is 1. The van der Waals surface area contributed by atoms with Crippen molar-refractivity contribution < 1.29 is 9.90 Å². The number of hydrogen-bond donors (Lipinski definition) is 2. The largest absolute Gasteiger partial charge is 0.388 e. The van der Waals surface area contributed by atoms with E-state index in [2.05, 4.69) is 5.32 Å². The van der Waals surface area contributed by atoms with Crippen LogP contribution in [0.2, 0.25) is 5.02 Å². The highest BCUT2D eigenvalue weighted by atomic mass is 35.5. The number of nitrogens with one attached hydrogen (secondary N) is 1. The Balaban J connectivity index is 1.54. The van der Waals surface area contributed by atoms with Crippen LogP contribution >= 0.6 is 11.6 Å². The van der Waals surface area contributed by atoms with Crippen LogP contribution in [0.1, 0.15) is 30.9 Å². The van der Waals surface area contributed by atoms with Crippen LogP contribution in [0.25, 0.3) is 0 Å². The average molecular weight is 323 g/mol. The molecule has 2 unspecified atom stereocenters. The smallest absolute Gasteiger partial charge is 0.227 e. The minimum absolute atomic E-state index is 0.151. The van der Waals surface area contributed by atoms with Gasteiger partial charge in [-0.25, -0.2) is 0 Å². The summed E-state index contributed by atoms with van der Waals surface area (Å²) < 4.78 is 0. The molecule has 1 aromatic carbocycles. The summed E-state index contributed by atoms with van der Waals surface area (Å²) in [6.45, 7) is 3.27. The number of nitrogens with zero attached hydrogens (tertiary/aromatic N) is 1. The number of hydrogen-bond acceptors (Lipinski definition) is 3. The minimum atomic E-state index is -0.470. The van der Waals surface area contributed by atoms with Crippen LogP contribution in [0.3, 0.4) is 0 Å². The molecule has 4 nitrogen and oxygen atoms in total. The maximum Gasteiger partial charge on any atom is 0.227 e. The molecule has 1 amide bonds. The van der Waals surface area contributed by atoms with Crippen LogP contribution in [0.15, 0.2) is 24.3 Å². The minimum Gasteiger partial charge on any atom is -0.388 e. The van der Waals surface area contributed by atoms with Crippen LogP contribution in [0, 0.1) is 11.8 Å². The number of aliphatic hydroxyl groups is 1. The predicted octanol–water partition coefficient (Wildman–Crippen LogP) is 2.22. The van der Waals surface area contributed by atoms with Gasteiger partial charge in [0.1, 0.15) is 0 Å². The summed E-state index contributed by atoms with van der Waals surface area (Å²) in [6.07, 6.45) is 2.19. The first-order valence-electron chi connectivity index (χ1n) is 8.08. The summed E-state index contributed by atoms with van der Waals surface area (Å²) in [6, 6.07) is 7.39. The molecule has 22 heavy (non-hydrogen) atoms. The van der Waals surface area contributed by atoms with Gasteiger partial charge in [0.25, 0.3) is 0 Å². The SMILES string of the molecule is O=C(C1CCNC1)N1CCC(C(O)c2ccc(Cl)cc2)CC1. The third-order valence-corrected chi connectivity index (χ3v) is 5.17. The molecule has 2 saturated heterocycles. The molecule has 0 saturated carbocycles. The molecule has 2 N–H and O–H groups in total. The van der Waals surface area contributed by atoms with Crippen LogP contribution in [0.5, 0.6) is 0 Å². The van der Waals surface area contributed by atoms with Gasteiger partial charge in [0, 0.05) is 24.7 Å². The Labute approximate surface area is 136 Å². The number of benzene rings is 1. The second-order valence-corrected chi connectivity index (χ2v) is 6.79. The van der Waals surface area contributed by atoms with Crippen molar-refractivity contribution in [2.24, 2.45) is 11.8 Å². The highest BCUT2D eigenvalue weighted by Gasteiger charge is 2.32. The molecule has 2 atom stereocenters. The number of amides is 1. The summed E-state index contributed by atoms with van der Waals surface area (Å²) in [5.74, 6) is 0.647. The van der Waals surface area contributed by atoms with Gasteiger partial charge < -0.3 is 15.3 Å². The molecule has 1 aromatic rings. The number of rotatable bonds is 3. The molecule has 0 bridgehead atoms. The fourth-order valence-electron chi connectivity index (χ4n) is 3.49. The van der Waals surface area contributed by atoms with E-state index in [0.717, 1.165) is 51.0 Å². The summed E-state index contributed by atoms with van der Waals surface area (Å²) in [7, 11) is 0. The lowest BCUT2D eigenvalue weighted by Crippen LogP contribution is -2.43. The van der Waals surface area contributed by atoms with Crippen molar-refractivity contribution in [3.05, 3.63) is 34.9 Å². The first kappa shape index (κ1) is 15.8. The second kappa shape index (κ2) is 6.99. The fraction of sp³-hybridized carbons (Fsp3) is 0.588. The lowest BCUT2D eigenvalue weighted by molar-refractivity contribution is -0.136. The normalized spacial score (nSPS) is 24.5. The lowest BCUT2D eigenvalue weighted by atomic mass is 9.87. The zero-order chi connectivity index (χ0) is 15.5. The van der Waals surface area contributed by atoms with Crippen LogP contribution in [0.4, 0.5) is 0 Å². The number of aliphatic hydroxyl groups excluding tert-OH is 1. The average Bonchev–Trinajstić information content (AvgIpc) is 3.09. The molecule has 0 aliphatic carbocycles. The summed E-state index contributed by atoms with van der Waals surface area (Å²) >= 11 is 5.89. The zero-order valence-electron chi connectivity index (χ0n) is 12.7. The van der Waals surface area contributed by atoms with Gasteiger partial charge in [0.2, 0.25) is 5.91 Å². The van der Waals surface area contributed by atoms with E-state index in [1.165, 1.54) is 0 Å². The van der Waals surface area contributed by atoms with E-state index in [1.54, 1.807) is 0 Å². The molecule has 3 rings (SSSR count). The standard InChI is InChI=1S/C17H23ClN2O2/c18-15-3-1-12(2-4-15)16(21)13-6-9-20(10-7-13)17(22)14-5-8-19-11-14/h1-4,13-14,16,19,21H,5-11H2. The van der Waals surface area contributed by atoms with E-state index in [1.807, 2.05) is 29.2 Å². The summed E-state index contributed by atoms with van der Waals surface area (Å²) in [4.78, 5) is 14.4. The Morgan fingerprint density at radius 1 is 1.23 bits per heavy atom. The third kappa shape index (κ3) is 3.45. The maximum atomic E-state index is 12.4. The molecular formula is C17H23ClN2O2. The highest BCUT2D eigenvalue weighted by Crippen LogP contribution is 2.31. The van der Waals surface area contributed by atoms with E-state index in [0.29, 0.717) is 5.02 Å². The van der Waals surface area contributed by atoms with Gasteiger partial charge in [0.05, 0.1) is 12.0 Å². The van der Waals surface area contributed by atoms with Crippen molar-refractivity contribution in [2.45, 2.75) is 25.4 Å². The Bertz CT molecular complexity index is 506. The van der Waals surface area contributed by atoms with Crippen LogP contribution < -0.4 is 5.32 Å². The summed E-state index contributed by atoms with van der Waals surface area (Å²) in [5.41, 5.74) is 0.911. The van der Waals surface area contributed by atoms with Crippen molar-refractivity contribution in [1.82, 2.24) is 10.2 Å². The molecule has 120 valence electrons. The van der Waals surface area contributed by atoms with Gasteiger partial charge in [-0.15, -0.1) is 0 Å². The highest BCUT2D eigenvalue weighted by molar-refractivity contribution is 6.30. The summed E-state index contributed by atoms with van der Waals surface area (Å²) in [5, 5.41) is 14.4. The third-order valence-electron chi connectivity index (χ3n) is 4.92. The molecule has 2 aliphatic rings. The van der Waals surface area contributed by atoms with E-state index in [9.17, 15) is 9.90 Å². The first-order chi connectivity index (χ1) is 10.6. The van der Waals surface area contributed by atoms with Gasteiger partial charge >= 0.3 is 0 Å². The first-order valence-corrected chi connectivity index (χ1v) is 8.46. The van der Waals surface area contributed by atoms with E-state index < -0.39 is 6.10 Å². The quantitative estimate of drug-likeness (QED) is 0.897. The number of carbonyl (C=O) groups excluding carboxylic acids is 1. The van der Waals surface area contributed by atoms with Crippen LogP contribution in [-0.2, 0) is 4.79 Å². The molecule has 5 heteroatoms. The van der Waals surface area contributed by atoms with Gasteiger partial charge in [-0.3, -0.25) is 4.79 Å². The molecule has 0 radical (unpaired) electrons. The number of likely N-dealkylation sites (tertiary alicyclic amines) is 1. The molecule has 2 fully saturated rings. The van der Waals surface area contributed by atoms with E-state index in [-0.39, 0.29) is 17.7 Å². The van der Waals surface area contributed by atoms with E-state index in [4.69, 9.17) is 11.6 Å². The van der Waals surface area contributed by atoms with Crippen molar-refractivity contribution in [2.75, 3.05) is 26.2 Å². The molecule has 0 spiro atoms. The van der Waals surface area contributed by atoms with Crippen molar-refractivity contribution in [3.8, 4) is 0 Å². The Morgan fingerprint density at radius 2 is 1.91 bits per heavy atom. The molecular weight excluding hydrogens is 300 g/mol. The topological polar surface area (TPSA) is 52.6 Å². The van der Waals surface area contributed by atoms with Gasteiger partial charge in [-0.1, -0.05) is 23.7 Å². The fourth-order valence-corrected chi connectivity index (χ4v) is 3.62. The number of piperidine rings is 1. The predicted molar refractivity (Wildman–Crippen MR) is 86.7 cm³/mol. The van der Waals surface area contributed by atoms with E-state index >= 15 is 0 Å². The zero-order valence-corrected chi connectivity index (χ0v) is 13.4. The Kier molecular flexibility index (Phi) is 5.01. The monoisotopic (exact) mass is 322 g/mol. The second-order valence-electron chi connectivity index (χ2n) is 6.35. The van der Waals surface area contributed by atoms with Gasteiger partial charge in [-0.2, -0.15) is 0 Å². The van der Waals surface area contributed by atoms with Gasteiger partial charge in [-0.05, 0) is 49.4 Å². The molecule has 0 aromatic heterocycles.